The first-order chi connectivity index (χ1) is 20.5. The molecule has 2 aromatic carbocycles. The van der Waals surface area contributed by atoms with Gasteiger partial charge in [-0.25, -0.2) is 9.69 Å². The first-order valence-electron chi connectivity index (χ1n) is 15.1. The molecular formula is C35H47NO6Si. The van der Waals surface area contributed by atoms with Crippen LogP contribution in [-0.2, 0) is 32.0 Å². The Morgan fingerprint density at radius 1 is 1.02 bits per heavy atom. The van der Waals surface area contributed by atoms with Gasteiger partial charge in [0.25, 0.3) is 5.91 Å². The normalized spacial score (nSPS) is 17.4. The Morgan fingerprint density at radius 2 is 1.58 bits per heavy atom. The molecule has 43 heavy (non-hydrogen) atoms. The highest BCUT2D eigenvalue weighted by Crippen LogP contribution is 2.40. The zero-order valence-electron chi connectivity index (χ0n) is 26.4. The third-order valence-corrected chi connectivity index (χ3v) is 14.6. The molecule has 4 atom stereocenters. The fourth-order valence-electron chi connectivity index (χ4n) is 6.10. The van der Waals surface area contributed by atoms with Gasteiger partial charge >= 0.3 is 6.09 Å². The molecule has 1 aliphatic heterocycles. The van der Waals surface area contributed by atoms with Crippen LogP contribution in [0.4, 0.5) is 4.79 Å². The number of nitrogens with zero attached hydrogens (tertiary/aromatic N) is 1. The molecule has 8 heteroatoms. The molecule has 232 valence electrons. The molecule has 0 radical (unpaired) electrons. The van der Waals surface area contributed by atoms with Gasteiger partial charge in [-0.1, -0.05) is 114 Å². The predicted molar refractivity (Wildman–Crippen MR) is 172 cm³/mol. The summed E-state index contributed by atoms with van der Waals surface area (Å²) < 4.78 is 17.4. The number of ether oxygens (including phenoxy) is 3. The highest BCUT2D eigenvalue weighted by atomic mass is 28.3. The molecule has 0 saturated carbocycles. The van der Waals surface area contributed by atoms with Gasteiger partial charge in [0.1, 0.15) is 20.8 Å². The van der Waals surface area contributed by atoms with Crippen molar-refractivity contribution < 1.29 is 28.9 Å². The van der Waals surface area contributed by atoms with E-state index in [9.17, 15) is 14.7 Å². The van der Waals surface area contributed by atoms with Crippen LogP contribution in [0.2, 0.25) is 16.6 Å². The molecule has 2 amide bonds. The second-order valence-electron chi connectivity index (χ2n) is 12.1. The Morgan fingerprint density at radius 3 is 2.12 bits per heavy atom. The monoisotopic (exact) mass is 605 g/mol. The van der Waals surface area contributed by atoms with Gasteiger partial charge in [-0.15, -0.1) is 12.1 Å². The summed E-state index contributed by atoms with van der Waals surface area (Å²) in [4.78, 5) is 28.0. The fourth-order valence-corrected chi connectivity index (χ4v) is 11.4. The molecule has 1 heterocycles. The lowest BCUT2D eigenvalue weighted by Crippen LogP contribution is -2.51. The maximum atomic E-state index is 14.1. The SMILES string of the molecule is C=C[C@@H](COCc1ccccc1)O[C@H](C(=O)N1C(=O)OC[C@@H]1Cc1ccccc1)[C@H](O)C#C[Si](C(C)C)(C(C)C)C(C)C. The Kier molecular flexibility index (Phi) is 12.8. The summed E-state index contributed by atoms with van der Waals surface area (Å²) in [7, 11) is -2.23. The van der Waals surface area contributed by atoms with Crippen LogP contribution in [0, 0.1) is 11.5 Å². The molecule has 0 bridgehead atoms. The molecular weight excluding hydrogens is 558 g/mol. The van der Waals surface area contributed by atoms with Gasteiger partial charge in [0, 0.05) is 0 Å². The van der Waals surface area contributed by atoms with E-state index in [0.717, 1.165) is 16.0 Å². The summed E-state index contributed by atoms with van der Waals surface area (Å²) in [6.45, 7) is 17.4. The summed E-state index contributed by atoms with van der Waals surface area (Å²) in [6.07, 6.45) is -2.46. The van der Waals surface area contributed by atoms with E-state index < -0.39 is 44.4 Å². The van der Waals surface area contributed by atoms with Crippen molar-refractivity contribution in [2.24, 2.45) is 0 Å². The maximum absolute atomic E-state index is 14.1. The summed E-state index contributed by atoms with van der Waals surface area (Å²) in [5.41, 5.74) is 6.44. The number of carbonyl (C=O) groups excluding carboxylic acids is 2. The number of carbonyl (C=O) groups is 2. The molecule has 0 spiro atoms. The van der Waals surface area contributed by atoms with Crippen LogP contribution >= 0.6 is 0 Å². The van der Waals surface area contributed by atoms with E-state index in [1.807, 2.05) is 60.7 Å². The van der Waals surface area contributed by atoms with Crippen LogP contribution in [0.15, 0.2) is 73.3 Å². The minimum atomic E-state index is -2.23. The Labute approximate surface area is 258 Å². The quantitative estimate of drug-likeness (QED) is 0.154. The van der Waals surface area contributed by atoms with E-state index in [-0.39, 0.29) is 13.2 Å². The minimum absolute atomic E-state index is 0.0586. The zero-order valence-corrected chi connectivity index (χ0v) is 27.4. The number of aliphatic hydroxyl groups is 1. The number of amides is 2. The number of cyclic esters (lactones) is 1. The number of hydrogen-bond donors (Lipinski definition) is 1. The maximum Gasteiger partial charge on any atom is 0.417 e. The fraction of sp³-hybridized carbons (Fsp3) is 0.486. The largest absolute Gasteiger partial charge is 0.447 e. The van der Waals surface area contributed by atoms with Crippen LogP contribution in [0.1, 0.15) is 52.7 Å². The molecule has 1 saturated heterocycles. The molecule has 1 aliphatic rings. The van der Waals surface area contributed by atoms with E-state index in [0.29, 0.717) is 29.7 Å². The van der Waals surface area contributed by atoms with Gasteiger partial charge in [-0.2, -0.15) is 0 Å². The van der Waals surface area contributed by atoms with Crippen LogP contribution in [0.5, 0.6) is 0 Å². The number of rotatable bonds is 14. The molecule has 0 unspecified atom stereocenters. The lowest BCUT2D eigenvalue weighted by atomic mass is 10.0. The van der Waals surface area contributed by atoms with Gasteiger partial charge in [0.15, 0.2) is 6.10 Å². The minimum Gasteiger partial charge on any atom is -0.447 e. The third kappa shape index (κ3) is 8.67. The molecule has 1 N–H and O–H groups in total. The summed E-state index contributed by atoms with van der Waals surface area (Å²) in [5.74, 6) is 2.34. The lowest BCUT2D eigenvalue weighted by molar-refractivity contribution is -0.152. The van der Waals surface area contributed by atoms with E-state index in [4.69, 9.17) is 14.2 Å². The number of hydrogen-bond acceptors (Lipinski definition) is 6. The number of aliphatic hydroxyl groups excluding tert-OH is 1. The second-order valence-corrected chi connectivity index (χ2v) is 17.7. The highest BCUT2D eigenvalue weighted by Gasteiger charge is 2.45. The summed E-state index contributed by atoms with van der Waals surface area (Å²) in [5, 5.41) is 11.5. The van der Waals surface area contributed by atoms with Crippen LogP contribution in [-0.4, -0.2) is 67.6 Å². The lowest BCUT2D eigenvalue weighted by Gasteiger charge is -2.38. The van der Waals surface area contributed by atoms with Gasteiger partial charge in [0.2, 0.25) is 0 Å². The van der Waals surface area contributed by atoms with Crippen molar-refractivity contribution in [3.05, 3.63) is 84.4 Å². The third-order valence-electron chi connectivity index (χ3n) is 8.32. The van der Waals surface area contributed by atoms with Crippen molar-refractivity contribution in [3.63, 3.8) is 0 Å². The predicted octanol–water partition coefficient (Wildman–Crippen LogP) is 6.32. The Hall–Kier alpha value is -3.22. The molecule has 3 rings (SSSR count). The van der Waals surface area contributed by atoms with Crippen molar-refractivity contribution in [1.29, 1.82) is 0 Å². The first kappa shape index (κ1) is 34.3. The van der Waals surface area contributed by atoms with Gasteiger partial charge in [-0.3, -0.25) is 4.79 Å². The molecule has 2 aromatic rings. The first-order valence-corrected chi connectivity index (χ1v) is 17.4. The van der Waals surface area contributed by atoms with Crippen molar-refractivity contribution >= 4 is 20.1 Å². The van der Waals surface area contributed by atoms with Crippen LogP contribution < -0.4 is 0 Å². The number of benzene rings is 2. The van der Waals surface area contributed by atoms with Crippen molar-refractivity contribution in [1.82, 2.24) is 4.90 Å². The number of imide groups is 1. The topological polar surface area (TPSA) is 85.3 Å². The molecule has 1 fully saturated rings. The summed E-state index contributed by atoms with van der Waals surface area (Å²) >= 11 is 0. The van der Waals surface area contributed by atoms with Crippen molar-refractivity contribution in [3.8, 4) is 11.5 Å². The Bertz CT molecular complexity index is 1230. The van der Waals surface area contributed by atoms with E-state index in [1.165, 1.54) is 6.08 Å². The summed E-state index contributed by atoms with van der Waals surface area (Å²) in [6, 6.07) is 18.8. The average molecular weight is 606 g/mol. The Balaban J connectivity index is 1.91. The molecule has 0 aromatic heterocycles. The van der Waals surface area contributed by atoms with E-state index in [1.54, 1.807) is 0 Å². The van der Waals surface area contributed by atoms with Crippen molar-refractivity contribution in [2.75, 3.05) is 13.2 Å². The van der Waals surface area contributed by atoms with Gasteiger partial charge in [-0.05, 0) is 34.2 Å². The standard InChI is InChI=1S/C35H47NO6Si/c1-8-31(24-40-22-29-17-13-10-14-18-29)42-33(32(37)19-20-43(25(2)3,26(4)5)27(6)7)34(38)36-30(23-41-35(36)39)21-28-15-11-9-12-16-28/h8-18,25-27,30-33,37H,1,21-24H2,2-7H3/t30-,31-,32+,33-/m0/s1. The van der Waals surface area contributed by atoms with Crippen molar-refractivity contribution in [2.45, 2.75) is 95.5 Å². The zero-order chi connectivity index (χ0) is 31.6. The average Bonchev–Trinajstić information content (AvgIpc) is 3.34. The van der Waals surface area contributed by atoms with Gasteiger partial charge < -0.3 is 19.3 Å². The van der Waals surface area contributed by atoms with E-state index in [2.05, 4.69) is 59.6 Å². The molecule has 0 aliphatic carbocycles. The van der Waals surface area contributed by atoms with Crippen LogP contribution in [0.3, 0.4) is 0 Å². The van der Waals surface area contributed by atoms with Gasteiger partial charge in [0.05, 0.1) is 25.4 Å². The van der Waals surface area contributed by atoms with Crippen LogP contribution in [0.25, 0.3) is 0 Å². The second kappa shape index (κ2) is 16.0. The smallest absolute Gasteiger partial charge is 0.417 e. The van der Waals surface area contributed by atoms with E-state index >= 15 is 0 Å². The molecule has 7 nitrogen and oxygen atoms in total. The highest BCUT2D eigenvalue weighted by molar-refractivity contribution is 6.90.